The molecule has 1 amide bonds. The normalized spacial score (nSPS) is 12.4. The van der Waals surface area contributed by atoms with Gasteiger partial charge in [0.2, 0.25) is 5.91 Å². The number of halogens is 3. The molecule has 2 rings (SSSR count). The first-order valence-electron chi connectivity index (χ1n) is 7.77. The fraction of sp³-hybridized carbons (Fsp3) is 0.353. The minimum atomic E-state index is -4.71. The van der Waals surface area contributed by atoms with Crippen LogP contribution in [0.2, 0.25) is 0 Å². The van der Waals surface area contributed by atoms with Crippen molar-refractivity contribution < 1.29 is 22.7 Å². The van der Waals surface area contributed by atoms with Crippen LogP contribution in [0, 0.1) is 11.3 Å². The number of hydrogen-bond donors (Lipinski definition) is 1. The minimum absolute atomic E-state index is 0.116. The Morgan fingerprint density at radius 1 is 1.52 bits per heavy atom. The molecule has 10 heteroatoms. The van der Waals surface area contributed by atoms with E-state index >= 15 is 0 Å². The first-order chi connectivity index (χ1) is 12.8. The summed E-state index contributed by atoms with van der Waals surface area (Å²) >= 11 is 2.06. The molecule has 0 aliphatic carbocycles. The lowest BCUT2D eigenvalue weighted by atomic mass is 10.1. The summed E-state index contributed by atoms with van der Waals surface area (Å²) in [6.45, 7) is 2.14. The van der Waals surface area contributed by atoms with E-state index in [0.29, 0.717) is 11.5 Å². The molecule has 0 spiro atoms. The Labute approximate surface area is 162 Å². The maximum Gasteiger partial charge on any atom is 0.417 e. The van der Waals surface area contributed by atoms with E-state index in [-0.39, 0.29) is 23.2 Å². The lowest BCUT2D eigenvalue weighted by molar-refractivity contribution is -0.138. The number of nitriles is 1. The van der Waals surface area contributed by atoms with E-state index < -0.39 is 22.6 Å². The Bertz CT molecular complexity index is 833. The van der Waals surface area contributed by atoms with E-state index in [4.69, 9.17) is 4.74 Å². The van der Waals surface area contributed by atoms with Crippen molar-refractivity contribution in [2.45, 2.75) is 23.4 Å². The van der Waals surface area contributed by atoms with Crippen LogP contribution >= 0.6 is 23.1 Å². The standard InChI is InChI=1S/C17H16F3N3O2S2/c1-10(15(24)22-5-6-25-2)27-16-11(9-21)12(17(18,19)20)8-13(23-16)14-4-3-7-26-14/h3-4,7-8,10H,5-6H2,1-2H3,(H,22,24)/t10-/m0/s1. The summed E-state index contributed by atoms with van der Waals surface area (Å²) in [5, 5.41) is 12.8. The van der Waals surface area contributed by atoms with Gasteiger partial charge in [0.1, 0.15) is 11.1 Å². The number of carbonyl (C=O) groups excluding carboxylic acids is 1. The first-order valence-corrected chi connectivity index (χ1v) is 9.53. The van der Waals surface area contributed by atoms with Crippen molar-refractivity contribution in [3.63, 3.8) is 0 Å². The topological polar surface area (TPSA) is 75.0 Å². The molecule has 0 fully saturated rings. The quantitative estimate of drug-likeness (QED) is 0.548. The van der Waals surface area contributed by atoms with Crippen LogP contribution in [0.4, 0.5) is 13.2 Å². The second-order valence-corrected chi connectivity index (χ2v) is 7.64. The largest absolute Gasteiger partial charge is 0.417 e. The maximum atomic E-state index is 13.5. The monoisotopic (exact) mass is 415 g/mol. The number of carbonyl (C=O) groups is 1. The number of nitrogens with one attached hydrogen (secondary N) is 1. The molecule has 0 saturated heterocycles. The number of thiophene rings is 1. The van der Waals surface area contributed by atoms with E-state index in [2.05, 4.69) is 10.3 Å². The van der Waals surface area contributed by atoms with Gasteiger partial charge in [-0.05, 0) is 24.4 Å². The van der Waals surface area contributed by atoms with Crippen molar-refractivity contribution in [1.82, 2.24) is 10.3 Å². The van der Waals surface area contributed by atoms with Gasteiger partial charge in [-0.1, -0.05) is 17.8 Å². The minimum Gasteiger partial charge on any atom is -0.383 e. The van der Waals surface area contributed by atoms with E-state index in [0.717, 1.165) is 17.8 Å². The summed E-state index contributed by atoms with van der Waals surface area (Å²) in [4.78, 5) is 16.9. The van der Waals surface area contributed by atoms with Crippen molar-refractivity contribution in [3.8, 4) is 16.6 Å². The van der Waals surface area contributed by atoms with Gasteiger partial charge in [0, 0.05) is 13.7 Å². The second-order valence-electron chi connectivity index (χ2n) is 5.37. The van der Waals surface area contributed by atoms with Gasteiger partial charge in [0.05, 0.1) is 33.6 Å². The van der Waals surface area contributed by atoms with Crippen molar-refractivity contribution >= 4 is 29.0 Å². The highest BCUT2D eigenvalue weighted by molar-refractivity contribution is 8.00. The average Bonchev–Trinajstić information content (AvgIpc) is 3.15. The number of pyridine rings is 1. The van der Waals surface area contributed by atoms with Gasteiger partial charge in [-0.2, -0.15) is 18.4 Å². The molecule has 1 atom stereocenters. The maximum absolute atomic E-state index is 13.5. The Morgan fingerprint density at radius 3 is 2.81 bits per heavy atom. The van der Waals surface area contributed by atoms with Crippen LogP contribution in [0.25, 0.3) is 10.6 Å². The molecule has 27 heavy (non-hydrogen) atoms. The van der Waals surface area contributed by atoms with Crippen molar-refractivity contribution in [3.05, 3.63) is 34.7 Å². The first kappa shape index (κ1) is 21.2. The van der Waals surface area contributed by atoms with E-state index in [1.807, 2.05) is 0 Å². The Kier molecular flexibility index (Phi) is 7.24. The Hall–Kier alpha value is -2.09. The van der Waals surface area contributed by atoms with Crippen molar-refractivity contribution in [2.24, 2.45) is 0 Å². The summed E-state index contributed by atoms with van der Waals surface area (Å²) in [6, 6.07) is 5.81. The van der Waals surface area contributed by atoms with Gasteiger partial charge in [0.15, 0.2) is 0 Å². The molecule has 0 bridgehead atoms. The summed E-state index contributed by atoms with van der Waals surface area (Å²) in [7, 11) is 1.49. The number of methoxy groups -OCH3 is 1. The highest BCUT2D eigenvalue weighted by atomic mass is 32.2. The van der Waals surface area contributed by atoms with Crippen molar-refractivity contribution in [2.75, 3.05) is 20.3 Å². The molecule has 0 radical (unpaired) electrons. The third kappa shape index (κ3) is 5.45. The number of hydrogen-bond acceptors (Lipinski definition) is 6. The third-order valence-corrected chi connectivity index (χ3v) is 5.42. The molecular formula is C17H16F3N3O2S2. The van der Waals surface area contributed by atoms with E-state index in [1.54, 1.807) is 30.5 Å². The third-order valence-electron chi connectivity index (χ3n) is 3.44. The number of amides is 1. The zero-order valence-electron chi connectivity index (χ0n) is 14.5. The van der Waals surface area contributed by atoms with Gasteiger partial charge in [-0.15, -0.1) is 11.3 Å². The molecule has 1 N–H and O–H groups in total. The highest BCUT2D eigenvalue weighted by Crippen LogP contribution is 2.39. The SMILES string of the molecule is COCCNC(=O)[C@H](C)Sc1nc(-c2cccs2)cc(C(F)(F)F)c1C#N. The second kappa shape index (κ2) is 9.21. The fourth-order valence-corrected chi connectivity index (χ4v) is 3.77. The van der Waals surface area contributed by atoms with Gasteiger partial charge in [0.25, 0.3) is 0 Å². The number of alkyl halides is 3. The van der Waals surface area contributed by atoms with Crippen molar-refractivity contribution in [1.29, 1.82) is 5.26 Å². The predicted molar refractivity (Wildman–Crippen MR) is 97.5 cm³/mol. The molecule has 0 unspecified atom stereocenters. The van der Waals surface area contributed by atoms with Gasteiger partial charge in [-0.25, -0.2) is 4.98 Å². The predicted octanol–water partition coefficient (Wildman–Crippen LogP) is 3.94. The van der Waals surface area contributed by atoms with Crippen LogP contribution in [0.5, 0.6) is 0 Å². The summed E-state index contributed by atoms with van der Waals surface area (Å²) in [5.41, 5.74) is -1.52. The smallest absolute Gasteiger partial charge is 0.383 e. The van der Waals surface area contributed by atoms with Gasteiger partial charge >= 0.3 is 6.18 Å². The van der Waals surface area contributed by atoms with Gasteiger partial charge in [-0.3, -0.25) is 4.79 Å². The van der Waals surface area contributed by atoms with Crippen LogP contribution < -0.4 is 5.32 Å². The number of ether oxygens (including phenoxy) is 1. The lowest BCUT2D eigenvalue weighted by Crippen LogP contribution is -2.33. The van der Waals surface area contributed by atoms with Crippen LogP contribution in [-0.4, -0.2) is 36.4 Å². The molecule has 5 nitrogen and oxygen atoms in total. The zero-order chi connectivity index (χ0) is 20.0. The Morgan fingerprint density at radius 2 is 2.26 bits per heavy atom. The van der Waals surface area contributed by atoms with Crippen LogP contribution in [0.3, 0.4) is 0 Å². The number of thioether (sulfide) groups is 1. The van der Waals surface area contributed by atoms with E-state index in [1.165, 1.54) is 18.4 Å². The number of rotatable bonds is 7. The molecule has 0 aromatic carbocycles. The fourth-order valence-electron chi connectivity index (χ4n) is 2.13. The molecule has 2 aromatic rings. The summed E-state index contributed by atoms with van der Waals surface area (Å²) < 4.78 is 45.2. The molecule has 0 saturated carbocycles. The molecule has 0 aliphatic rings. The van der Waals surface area contributed by atoms with Gasteiger partial charge < -0.3 is 10.1 Å². The zero-order valence-corrected chi connectivity index (χ0v) is 16.1. The van der Waals surface area contributed by atoms with Crippen LogP contribution in [0.15, 0.2) is 28.6 Å². The highest BCUT2D eigenvalue weighted by Gasteiger charge is 2.36. The molecule has 2 aromatic heterocycles. The average molecular weight is 415 g/mol. The summed E-state index contributed by atoms with van der Waals surface area (Å²) in [6.07, 6.45) is -4.71. The summed E-state index contributed by atoms with van der Waals surface area (Å²) in [5.74, 6) is -0.377. The van der Waals surface area contributed by atoms with E-state index in [9.17, 15) is 23.2 Å². The number of aromatic nitrogens is 1. The van der Waals surface area contributed by atoms with Crippen LogP contribution in [-0.2, 0) is 15.7 Å². The molecule has 0 aliphatic heterocycles. The number of nitrogens with zero attached hydrogens (tertiary/aromatic N) is 2. The molecule has 2 heterocycles. The molecule has 144 valence electrons. The molecular weight excluding hydrogens is 399 g/mol. The Balaban J connectivity index is 2.40. The van der Waals surface area contributed by atoms with Crippen LogP contribution in [0.1, 0.15) is 18.1 Å². The lowest BCUT2D eigenvalue weighted by Gasteiger charge is -2.16.